The first-order valence-corrected chi connectivity index (χ1v) is 4.14. The molecule has 0 N–H and O–H groups in total. The average molecular weight is 146 g/mol. The van der Waals surface area contributed by atoms with Gasteiger partial charge in [0.15, 0.2) is 0 Å². The molecule has 1 unspecified atom stereocenters. The van der Waals surface area contributed by atoms with Gasteiger partial charge in [-0.25, -0.2) is 0 Å². The second-order valence-corrected chi connectivity index (χ2v) is 4.36. The summed E-state index contributed by atoms with van der Waals surface area (Å²) in [4.78, 5) is 10.7. The number of rotatable bonds is 3. The molecule has 0 aliphatic heterocycles. The molecule has 54 valence electrons. The van der Waals surface area contributed by atoms with Gasteiger partial charge >= 0.3 is 0 Å². The van der Waals surface area contributed by atoms with Crippen LogP contribution in [-0.2, 0) is 4.79 Å². The van der Waals surface area contributed by atoms with E-state index < -0.39 is 0 Å². The van der Waals surface area contributed by atoms with E-state index in [9.17, 15) is 4.79 Å². The number of thioether (sulfide) groups is 1. The molecule has 0 bridgehead atoms. The van der Waals surface area contributed by atoms with Gasteiger partial charge in [-0.15, -0.1) is 11.8 Å². The Hall–Kier alpha value is 0.0200. The van der Waals surface area contributed by atoms with Crippen LogP contribution in [0.2, 0.25) is 0 Å². The molecule has 0 aliphatic rings. The summed E-state index contributed by atoms with van der Waals surface area (Å²) in [6.45, 7) is 7.79. The number of carbonyl (C=O) groups excluding carboxylic acids is 1. The Labute approximate surface area is 61.2 Å². The molecule has 0 aromatic rings. The molecule has 0 aromatic carbocycles. The minimum absolute atomic E-state index is 0.171. The molecule has 0 heterocycles. The lowest BCUT2D eigenvalue weighted by atomic mass is 10.3. The summed E-state index contributed by atoms with van der Waals surface area (Å²) in [5.41, 5.74) is 0. The van der Waals surface area contributed by atoms with Crippen molar-refractivity contribution >= 4 is 17.5 Å². The van der Waals surface area contributed by atoms with Crippen molar-refractivity contribution in [3.05, 3.63) is 0 Å². The third-order valence-electron chi connectivity index (χ3n) is 1.05. The van der Waals surface area contributed by atoms with Gasteiger partial charge in [-0.1, -0.05) is 13.8 Å². The van der Waals surface area contributed by atoms with Crippen LogP contribution in [0.15, 0.2) is 0 Å². The number of carbonyl (C=O) groups is 1. The van der Waals surface area contributed by atoms with E-state index in [2.05, 4.69) is 13.8 Å². The summed E-state index contributed by atoms with van der Waals surface area (Å²) >= 11 is 1.71. The predicted molar refractivity (Wildman–Crippen MR) is 42.9 cm³/mol. The van der Waals surface area contributed by atoms with Crippen LogP contribution < -0.4 is 0 Å². The Morgan fingerprint density at radius 3 is 1.89 bits per heavy atom. The van der Waals surface area contributed by atoms with E-state index in [1.54, 1.807) is 18.7 Å². The van der Waals surface area contributed by atoms with Crippen LogP contribution in [0, 0.1) is 0 Å². The molecule has 0 saturated carbocycles. The van der Waals surface area contributed by atoms with Crippen molar-refractivity contribution in [1.29, 1.82) is 0 Å². The normalized spacial score (nSPS) is 13.9. The smallest absolute Gasteiger partial charge is 0.142 e. The maximum atomic E-state index is 10.7. The highest BCUT2D eigenvalue weighted by Gasteiger charge is 2.08. The Bertz CT molecular complexity index is 99.1. The largest absolute Gasteiger partial charge is 0.299 e. The first kappa shape index (κ1) is 9.02. The van der Waals surface area contributed by atoms with Gasteiger partial charge in [0.25, 0.3) is 0 Å². The van der Waals surface area contributed by atoms with Gasteiger partial charge in [0, 0.05) is 0 Å². The zero-order valence-electron chi connectivity index (χ0n) is 6.47. The van der Waals surface area contributed by atoms with Crippen LogP contribution >= 0.6 is 11.8 Å². The highest BCUT2D eigenvalue weighted by Crippen LogP contribution is 2.16. The van der Waals surface area contributed by atoms with Crippen LogP contribution in [0.4, 0.5) is 0 Å². The fourth-order valence-electron chi connectivity index (χ4n) is 0.504. The molecular formula is C7H14OS. The van der Waals surface area contributed by atoms with E-state index in [1.165, 1.54) is 0 Å². The maximum Gasteiger partial charge on any atom is 0.142 e. The Kier molecular flexibility index (Phi) is 3.95. The van der Waals surface area contributed by atoms with Crippen LogP contribution in [-0.4, -0.2) is 16.3 Å². The van der Waals surface area contributed by atoms with Crippen molar-refractivity contribution in [3.63, 3.8) is 0 Å². The molecule has 9 heavy (non-hydrogen) atoms. The summed E-state index contributed by atoms with van der Waals surface area (Å²) in [5, 5.41) is 0.730. The monoisotopic (exact) mass is 146 g/mol. The van der Waals surface area contributed by atoms with E-state index >= 15 is 0 Å². The summed E-state index contributed by atoms with van der Waals surface area (Å²) in [5.74, 6) is 0.272. The molecule has 0 spiro atoms. The molecule has 1 atom stereocenters. The van der Waals surface area contributed by atoms with Crippen LogP contribution in [0.5, 0.6) is 0 Å². The van der Waals surface area contributed by atoms with Crippen LogP contribution in [0.1, 0.15) is 27.7 Å². The van der Waals surface area contributed by atoms with Crippen molar-refractivity contribution in [2.45, 2.75) is 38.2 Å². The molecule has 0 radical (unpaired) electrons. The topological polar surface area (TPSA) is 17.1 Å². The quantitative estimate of drug-likeness (QED) is 0.606. The number of hydrogen-bond acceptors (Lipinski definition) is 2. The lowest BCUT2D eigenvalue weighted by Gasteiger charge is -2.08. The third kappa shape index (κ3) is 4.52. The minimum atomic E-state index is 0.171. The average Bonchev–Trinajstić information content (AvgIpc) is 1.63. The van der Waals surface area contributed by atoms with Crippen molar-refractivity contribution in [2.24, 2.45) is 0 Å². The molecule has 0 rings (SSSR count). The maximum absolute atomic E-state index is 10.7. The zero-order chi connectivity index (χ0) is 7.44. The van der Waals surface area contributed by atoms with Crippen LogP contribution in [0.25, 0.3) is 0 Å². The van der Waals surface area contributed by atoms with Gasteiger partial charge in [0.2, 0.25) is 0 Å². The Balaban J connectivity index is 3.50. The van der Waals surface area contributed by atoms with E-state index in [4.69, 9.17) is 0 Å². The lowest BCUT2D eigenvalue weighted by molar-refractivity contribution is -0.116. The standard InChI is InChI=1S/C7H14OS/c1-5(2)9-7(4)6(3)8/h5,7H,1-4H3. The fourth-order valence-corrected chi connectivity index (χ4v) is 1.51. The van der Waals surface area contributed by atoms with Gasteiger partial charge in [0.1, 0.15) is 5.78 Å². The van der Waals surface area contributed by atoms with Gasteiger partial charge < -0.3 is 0 Å². The van der Waals surface area contributed by atoms with Crippen molar-refractivity contribution < 1.29 is 4.79 Å². The lowest BCUT2D eigenvalue weighted by Crippen LogP contribution is -2.10. The minimum Gasteiger partial charge on any atom is -0.299 e. The molecule has 0 aromatic heterocycles. The van der Waals surface area contributed by atoms with Crippen molar-refractivity contribution in [2.75, 3.05) is 0 Å². The third-order valence-corrected chi connectivity index (χ3v) is 2.33. The van der Waals surface area contributed by atoms with E-state index in [0.29, 0.717) is 5.25 Å². The SMILES string of the molecule is CC(=O)C(C)SC(C)C. The van der Waals surface area contributed by atoms with Gasteiger partial charge in [0.05, 0.1) is 5.25 Å². The van der Waals surface area contributed by atoms with Gasteiger partial charge in [-0.05, 0) is 19.1 Å². The van der Waals surface area contributed by atoms with Gasteiger partial charge in [-0.2, -0.15) is 0 Å². The Morgan fingerprint density at radius 1 is 1.33 bits per heavy atom. The second-order valence-electron chi connectivity index (χ2n) is 2.44. The molecular weight excluding hydrogens is 132 g/mol. The molecule has 0 saturated heterocycles. The van der Waals surface area contributed by atoms with Crippen molar-refractivity contribution in [3.8, 4) is 0 Å². The van der Waals surface area contributed by atoms with Crippen LogP contribution in [0.3, 0.4) is 0 Å². The fraction of sp³-hybridized carbons (Fsp3) is 0.857. The Morgan fingerprint density at radius 2 is 1.78 bits per heavy atom. The molecule has 2 heteroatoms. The number of ketones is 1. The molecule has 0 fully saturated rings. The predicted octanol–water partition coefficient (Wildman–Crippen LogP) is 2.11. The van der Waals surface area contributed by atoms with E-state index in [1.807, 2.05) is 6.92 Å². The molecule has 1 nitrogen and oxygen atoms in total. The summed E-state index contributed by atoms with van der Waals surface area (Å²) in [6, 6.07) is 0. The van der Waals surface area contributed by atoms with E-state index in [0.717, 1.165) is 0 Å². The first-order chi connectivity index (χ1) is 4.04. The van der Waals surface area contributed by atoms with Crippen molar-refractivity contribution in [1.82, 2.24) is 0 Å². The van der Waals surface area contributed by atoms with E-state index in [-0.39, 0.29) is 11.0 Å². The first-order valence-electron chi connectivity index (χ1n) is 3.20. The van der Waals surface area contributed by atoms with Gasteiger partial charge in [-0.3, -0.25) is 4.79 Å². The molecule has 0 aliphatic carbocycles. The summed E-state index contributed by atoms with van der Waals surface area (Å²) < 4.78 is 0. The molecule has 0 amide bonds. The summed E-state index contributed by atoms with van der Waals surface area (Å²) in [6.07, 6.45) is 0. The summed E-state index contributed by atoms with van der Waals surface area (Å²) in [7, 11) is 0. The second kappa shape index (κ2) is 3.94. The number of Topliss-reactive ketones (excluding diaryl/α,β-unsaturated/α-hetero) is 1. The zero-order valence-corrected chi connectivity index (χ0v) is 7.29. The highest BCUT2D eigenvalue weighted by atomic mass is 32.2. The number of hydrogen-bond donors (Lipinski definition) is 0. The highest BCUT2D eigenvalue weighted by molar-refractivity contribution is 8.01.